The molecule has 9 aromatic heterocycles. The molecule has 0 fully saturated rings. The van der Waals surface area contributed by atoms with Crippen molar-refractivity contribution in [3.8, 4) is 45.0 Å². The lowest BCUT2D eigenvalue weighted by atomic mass is 10.0. The number of fused-ring (bicyclic) bond motifs is 4. The number of H-pyrrole nitrogens is 1. The molecule has 0 atom stereocenters. The van der Waals surface area contributed by atoms with E-state index in [1.807, 2.05) is 31.9 Å². The van der Waals surface area contributed by atoms with Gasteiger partial charge in [0.2, 0.25) is 5.82 Å². The molecule has 4 aromatic carbocycles. The summed E-state index contributed by atoms with van der Waals surface area (Å²) < 4.78 is 133. The third-order valence-electron chi connectivity index (χ3n) is 17.6. The number of carbonyl (C=O) groups is 1. The van der Waals surface area contributed by atoms with E-state index in [-0.39, 0.29) is 48.3 Å². The molecule has 0 aliphatic rings. The van der Waals surface area contributed by atoms with Crippen LogP contribution in [-0.2, 0) is 41.5 Å². The highest BCUT2D eigenvalue weighted by atomic mass is 35.5. The fourth-order valence-corrected chi connectivity index (χ4v) is 14.2. The van der Waals surface area contributed by atoms with E-state index in [0.29, 0.717) is 93.0 Å². The first-order valence-corrected chi connectivity index (χ1v) is 46.3. The first kappa shape index (κ1) is 80.6. The number of halogens is 9. The maximum Gasteiger partial charge on any atom is 0.294 e. The summed E-state index contributed by atoms with van der Waals surface area (Å²) in [7, 11) is -2.09. The predicted octanol–water partition coefficient (Wildman–Crippen LogP) is 21.2. The zero-order valence-electron chi connectivity index (χ0n) is 61.6. The summed E-state index contributed by atoms with van der Waals surface area (Å²) >= 11 is 6.07. The Morgan fingerprint density at radius 1 is 0.472 bits per heavy atom. The first-order chi connectivity index (χ1) is 51.3. The van der Waals surface area contributed by atoms with Crippen molar-refractivity contribution in [1.82, 2.24) is 53.4 Å². The number of amides is 1. The van der Waals surface area contributed by atoms with Gasteiger partial charge in [-0.2, -0.15) is 5.10 Å². The van der Waals surface area contributed by atoms with Crippen LogP contribution in [0.25, 0.3) is 88.6 Å². The number of pyridine rings is 4. The Kier molecular flexibility index (Phi) is 26.5. The number of aromatic nitrogens is 11. The van der Waals surface area contributed by atoms with Gasteiger partial charge in [-0.1, -0.05) is 168 Å². The van der Waals surface area contributed by atoms with E-state index in [1.54, 1.807) is 135 Å². The van der Waals surface area contributed by atoms with Gasteiger partial charge >= 0.3 is 0 Å². The van der Waals surface area contributed by atoms with Crippen molar-refractivity contribution in [2.24, 2.45) is 7.05 Å². The quantitative estimate of drug-likeness (QED) is 0.0182. The molecule has 0 unspecified atom stereocenters. The van der Waals surface area contributed by atoms with Crippen LogP contribution < -0.4 is 16.8 Å². The maximum absolute atomic E-state index is 13.8. The minimum absolute atomic E-state index is 0.00251. The molecule has 6 N–H and O–H groups in total. The summed E-state index contributed by atoms with van der Waals surface area (Å²) in [5.41, 5.74) is 19.1. The Morgan fingerprint density at radius 2 is 0.843 bits per heavy atom. The van der Waals surface area contributed by atoms with Crippen molar-refractivity contribution < 1.29 is 54.1 Å². The van der Waals surface area contributed by atoms with Gasteiger partial charge in [0, 0.05) is 166 Å². The highest BCUT2D eigenvalue weighted by Crippen LogP contribution is 2.40. The number of benzene rings is 4. The van der Waals surface area contributed by atoms with Gasteiger partial charge in [0.1, 0.15) is 49.1 Å². The number of nitrogen functional groups attached to an aromatic ring is 2. The third-order valence-corrected chi connectivity index (χ3v) is 22.9. The molecular weight excluding hydrogens is 1470 g/mol. The zero-order valence-corrected chi connectivity index (χ0v) is 65.3. The zero-order chi connectivity index (χ0) is 77.8. The van der Waals surface area contributed by atoms with Gasteiger partial charge in [-0.25, -0.2) is 64.7 Å². The van der Waals surface area contributed by atoms with Gasteiger partial charge in [0.15, 0.2) is 0 Å². The standard InChI is InChI=1S/C24H28F2N6O2Si.C20H23ClF2N2OSi.C20H25F2N3OSi.C14H11F2N3/c1-31-23(28-14-29-31)24(33)30-21-12-19-16(13-27-21)11-20(17-7-5-6-8-18(17)22(25)26)32(19)15-34-9-10-35(2,3)4;1-27(2,3)9-8-26-13-25-17-11-19(21)24-12-14(17)10-18(25)15-6-4-5-7-16(15)20(22)23;1-27(2,3)9-8-26-13-25-17-11-19(23)24-12-14(17)10-18(25)15-6-4-5-7-16(15)20(21)22;15-14(16)10-4-2-1-3-9(10)12-5-8-7-18-13(17)6-11(8)19-12/h5-8,11-14,22H,9-10,15H2,1-4H3,(H,27,30,33);4-7,10-12,20H,8-9,13H2,1-3H3;4-7,10-12,20H,8-9,13H2,1-3H3,(H2,23,24);1-7,14,19H,(H2,17,18). The maximum atomic E-state index is 13.8. The minimum atomic E-state index is -2.62. The number of alkyl halides is 8. The van der Waals surface area contributed by atoms with Crippen molar-refractivity contribution in [1.29, 1.82) is 0 Å². The molecule has 0 radical (unpaired) electrons. The fraction of sp³-hybridized carbons (Fsp3) is 0.295. The molecule has 1 amide bonds. The van der Waals surface area contributed by atoms with Crippen molar-refractivity contribution in [3.05, 3.63) is 210 Å². The van der Waals surface area contributed by atoms with Crippen LogP contribution in [0.3, 0.4) is 0 Å². The number of nitrogens with zero attached hydrogens (tertiary/aromatic N) is 10. The molecular formula is C78H87ClF8N14O4Si3. The second-order valence-electron chi connectivity index (χ2n) is 29.4. The van der Waals surface area contributed by atoms with E-state index in [4.69, 9.17) is 37.3 Å². The lowest BCUT2D eigenvalue weighted by molar-refractivity contribution is 0.0910. The van der Waals surface area contributed by atoms with E-state index in [1.165, 1.54) is 35.3 Å². The molecule has 0 aliphatic heterocycles. The molecule has 108 heavy (non-hydrogen) atoms. The number of aromatic amines is 1. The number of nitrogens with one attached hydrogen (secondary N) is 2. The smallest absolute Gasteiger partial charge is 0.294 e. The van der Waals surface area contributed by atoms with Crippen LogP contribution in [0.15, 0.2) is 177 Å². The second-order valence-corrected chi connectivity index (χ2v) is 46.6. The van der Waals surface area contributed by atoms with Crippen LogP contribution in [-0.4, -0.2) is 103 Å². The normalized spacial score (nSPS) is 12.0. The molecule has 0 aliphatic carbocycles. The summed E-state index contributed by atoms with van der Waals surface area (Å²) in [4.78, 5) is 36.2. The van der Waals surface area contributed by atoms with Gasteiger partial charge in [-0.05, 0) is 48.5 Å². The summed E-state index contributed by atoms with van der Waals surface area (Å²) in [5.74, 6) is 0.773. The predicted molar refractivity (Wildman–Crippen MR) is 422 cm³/mol. The van der Waals surface area contributed by atoms with Gasteiger partial charge < -0.3 is 49.7 Å². The molecule has 0 spiro atoms. The van der Waals surface area contributed by atoms with Crippen LogP contribution in [0, 0.1) is 0 Å². The number of carbonyl (C=O) groups excluding carboxylic acids is 1. The average Bonchev–Trinajstić information content (AvgIpc) is 1.63. The number of nitrogens with two attached hydrogens (primary N) is 2. The van der Waals surface area contributed by atoms with E-state index in [2.05, 4.69) is 99.2 Å². The Hall–Kier alpha value is -9.89. The summed E-state index contributed by atoms with van der Waals surface area (Å²) in [6, 6.07) is 43.3. The highest BCUT2D eigenvalue weighted by molar-refractivity contribution is 6.76. The van der Waals surface area contributed by atoms with E-state index in [0.717, 1.165) is 56.2 Å². The lowest BCUT2D eigenvalue weighted by Crippen LogP contribution is -2.22. The summed E-state index contributed by atoms with van der Waals surface area (Å²) in [5, 5.41) is 10.3. The number of rotatable bonds is 25. The molecule has 13 rings (SSSR count). The number of aryl methyl sites for hydroxylation is 1. The fourth-order valence-electron chi connectivity index (χ4n) is 11.8. The molecule has 0 saturated carbocycles. The van der Waals surface area contributed by atoms with Crippen molar-refractivity contribution in [3.63, 3.8) is 0 Å². The largest absolute Gasteiger partial charge is 0.384 e. The molecule has 30 heteroatoms. The number of anilines is 3. The van der Waals surface area contributed by atoms with Gasteiger partial charge in [0.05, 0.1) is 39.1 Å². The molecule has 9 heterocycles. The topological polar surface area (TPSA) is 222 Å². The Bertz CT molecular complexity index is 5070. The number of hydrogen-bond donors (Lipinski definition) is 4. The Balaban J connectivity index is 0.000000157. The number of hydrogen-bond acceptors (Lipinski definition) is 12. The van der Waals surface area contributed by atoms with E-state index < -0.39 is 55.8 Å². The van der Waals surface area contributed by atoms with Gasteiger partial charge in [-0.3, -0.25) is 4.79 Å². The molecule has 13 aromatic rings. The number of ether oxygens (including phenoxy) is 3. The monoisotopic (exact) mass is 1550 g/mol. The molecule has 0 saturated heterocycles. The summed E-state index contributed by atoms with van der Waals surface area (Å²) in [6.45, 7) is 23.1. The van der Waals surface area contributed by atoms with Crippen LogP contribution in [0.4, 0.5) is 52.6 Å². The first-order valence-electron chi connectivity index (χ1n) is 34.8. The SMILES string of the molecule is C[Si](C)(C)CCOCn1c(-c2ccccc2C(F)F)cc2cnc(Cl)cc21.C[Si](C)(C)CCOCn1c(-c2ccccc2C(F)F)cc2cnc(N)cc21.Cn1ncnc1C(=O)Nc1cc2c(cn1)cc(-c1ccccc1C(F)F)n2COCC[Si](C)(C)C.Nc1cc2[nH]c(-c3ccccc3C(F)F)cc2cn1. The van der Waals surface area contributed by atoms with E-state index in [9.17, 15) is 39.9 Å². The van der Waals surface area contributed by atoms with E-state index >= 15 is 0 Å². The van der Waals surface area contributed by atoms with Crippen molar-refractivity contribution >= 4 is 103 Å². The second kappa shape index (κ2) is 35.4. The average molecular weight is 1560 g/mol. The molecule has 18 nitrogen and oxygen atoms in total. The van der Waals surface area contributed by atoms with Crippen LogP contribution >= 0.6 is 11.6 Å². The van der Waals surface area contributed by atoms with Crippen LogP contribution in [0.5, 0.6) is 0 Å². The van der Waals surface area contributed by atoms with Crippen molar-refractivity contribution in [2.45, 2.75) is 123 Å². The van der Waals surface area contributed by atoms with Crippen LogP contribution in [0.1, 0.15) is 58.6 Å². The lowest BCUT2D eigenvalue weighted by Gasteiger charge is -2.18. The summed E-state index contributed by atoms with van der Waals surface area (Å²) in [6.07, 6.45) is -2.39. The van der Waals surface area contributed by atoms with Gasteiger partial charge in [0.25, 0.3) is 31.6 Å². The minimum Gasteiger partial charge on any atom is -0.384 e. The third kappa shape index (κ3) is 20.9. The Labute approximate surface area is 628 Å². The molecule has 568 valence electrons. The van der Waals surface area contributed by atoms with Gasteiger partial charge in [-0.15, -0.1) is 0 Å². The molecule has 0 bridgehead atoms. The Morgan fingerprint density at radius 3 is 1.26 bits per heavy atom. The van der Waals surface area contributed by atoms with Crippen molar-refractivity contribution in [2.75, 3.05) is 36.6 Å². The van der Waals surface area contributed by atoms with Crippen LogP contribution in [0.2, 0.25) is 82.2 Å². The highest BCUT2D eigenvalue weighted by Gasteiger charge is 2.25.